The van der Waals surface area contributed by atoms with Gasteiger partial charge in [0.2, 0.25) is 0 Å². The minimum atomic E-state index is 0.334. The SMILES string of the molecule is CC(C)(C)C=C(CBr)C1CCCCC1. The number of halogens is 1. The molecule has 1 rings (SSSR count). The smallest absolute Gasteiger partial charge is 0.0244 e. The minimum Gasteiger partial charge on any atom is -0.0880 e. The fourth-order valence-corrected chi connectivity index (χ4v) is 2.91. The van der Waals surface area contributed by atoms with Gasteiger partial charge in [0.05, 0.1) is 0 Å². The van der Waals surface area contributed by atoms with Crippen LogP contribution in [0, 0.1) is 11.3 Å². The van der Waals surface area contributed by atoms with E-state index in [1.165, 1.54) is 32.1 Å². The zero-order valence-electron chi connectivity index (χ0n) is 9.78. The zero-order chi connectivity index (χ0) is 10.6. The third-order valence-corrected chi connectivity index (χ3v) is 3.55. The van der Waals surface area contributed by atoms with Crippen LogP contribution in [0.25, 0.3) is 0 Å². The Labute approximate surface area is 97.3 Å². The normalized spacial score (nSPS) is 21.3. The average Bonchev–Trinajstić information content (AvgIpc) is 2.14. The lowest BCUT2D eigenvalue weighted by atomic mass is 9.81. The molecule has 0 bridgehead atoms. The maximum atomic E-state index is 3.64. The van der Waals surface area contributed by atoms with Crippen LogP contribution >= 0.6 is 15.9 Å². The van der Waals surface area contributed by atoms with E-state index in [0.717, 1.165) is 11.2 Å². The van der Waals surface area contributed by atoms with E-state index in [1.54, 1.807) is 5.57 Å². The second-order valence-corrected chi connectivity index (χ2v) is 6.11. The highest BCUT2D eigenvalue weighted by Crippen LogP contribution is 2.33. The molecule has 0 aromatic carbocycles. The van der Waals surface area contributed by atoms with Gasteiger partial charge in [-0.15, -0.1) is 0 Å². The van der Waals surface area contributed by atoms with Gasteiger partial charge < -0.3 is 0 Å². The molecule has 1 saturated carbocycles. The van der Waals surface area contributed by atoms with Gasteiger partial charge in [-0.05, 0) is 24.2 Å². The molecule has 1 heteroatoms. The molecule has 0 spiro atoms. The van der Waals surface area contributed by atoms with Crippen LogP contribution in [0.2, 0.25) is 0 Å². The molecule has 1 aliphatic carbocycles. The molecular formula is C13H23Br. The summed E-state index contributed by atoms with van der Waals surface area (Å²) in [6.45, 7) is 6.87. The predicted molar refractivity (Wildman–Crippen MR) is 67.9 cm³/mol. The second-order valence-electron chi connectivity index (χ2n) is 5.55. The van der Waals surface area contributed by atoms with Crippen molar-refractivity contribution >= 4 is 15.9 Å². The summed E-state index contributed by atoms with van der Waals surface area (Å²) in [7, 11) is 0. The van der Waals surface area contributed by atoms with Crippen LogP contribution in [0.5, 0.6) is 0 Å². The fraction of sp³-hybridized carbons (Fsp3) is 0.846. The van der Waals surface area contributed by atoms with Crippen molar-refractivity contribution in [3.63, 3.8) is 0 Å². The van der Waals surface area contributed by atoms with Gasteiger partial charge >= 0.3 is 0 Å². The number of rotatable bonds is 2. The predicted octanol–water partition coefficient (Wildman–Crippen LogP) is 4.93. The summed E-state index contributed by atoms with van der Waals surface area (Å²) in [6, 6.07) is 0. The van der Waals surface area contributed by atoms with Crippen molar-refractivity contribution in [2.24, 2.45) is 11.3 Å². The fourth-order valence-electron chi connectivity index (χ4n) is 2.30. The summed E-state index contributed by atoms with van der Waals surface area (Å²) in [5.74, 6) is 0.863. The Hall–Kier alpha value is 0.220. The van der Waals surface area contributed by atoms with Crippen molar-refractivity contribution in [3.8, 4) is 0 Å². The van der Waals surface area contributed by atoms with Crippen LogP contribution in [-0.2, 0) is 0 Å². The summed E-state index contributed by atoms with van der Waals surface area (Å²) >= 11 is 3.64. The Morgan fingerprint density at radius 2 is 1.79 bits per heavy atom. The average molecular weight is 259 g/mol. The van der Waals surface area contributed by atoms with Gasteiger partial charge in [0.25, 0.3) is 0 Å². The van der Waals surface area contributed by atoms with Crippen molar-refractivity contribution in [2.75, 3.05) is 5.33 Å². The molecule has 1 aliphatic rings. The number of alkyl halides is 1. The molecular weight excluding hydrogens is 236 g/mol. The van der Waals surface area contributed by atoms with Gasteiger partial charge in [-0.2, -0.15) is 0 Å². The summed E-state index contributed by atoms with van der Waals surface area (Å²) < 4.78 is 0. The molecule has 14 heavy (non-hydrogen) atoms. The van der Waals surface area contributed by atoms with Gasteiger partial charge in [-0.25, -0.2) is 0 Å². The molecule has 1 fully saturated rings. The monoisotopic (exact) mass is 258 g/mol. The Morgan fingerprint density at radius 3 is 2.21 bits per heavy atom. The third-order valence-electron chi connectivity index (χ3n) is 2.90. The summed E-state index contributed by atoms with van der Waals surface area (Å²) in [6.07, 6.45) is 9.60. The van der Waals surface area contributed by atoms with E-state index in [4.69, 9.17) is 0 Å². The number of hydrogen-bond acceptors (Lipinski definition) is 0. The van der Waals surface area contributed by atoms with E-state index in [2.05, 4.69) is 42.8 Å². The molecule has 0 radical (unpaired) electrons. The van der Waals surface area contributed by atoms with Crippen molar-refractivity contribution in [1.82, 2.24) is 0 Å². The Balaban J connectivity index is 2.64. The highest BCUT2D eigenvalue weighted by atomic mass is 79.9. The van der Waals surface area contributed by atoms with Crippen LogP contribution < -0.4 is 0 Å². The third kappa shape index (κ3) is 4.16. The molecule has 0 aromatic rings. The van der Waals surface area contributed by atoms with Crippen LogP contribution in [0.1, 0.15) is 52.9 Å². The molecule has 0 atom stereocenters. The maximum absolute atomic E-state index is 3.64. The first kappa shape index (κ1) is 12.3. The molecule has 0 amide bonds. The zero-order valence-corrected chi connectivity index (χ0v) is 11.4. The second kappa shape index (κ2) is 5.34. The molecule has 0 nitrogen and oxygen atoms in total. The molecule has 0 unspecified atom stereocenters. The van der Waals surface area contributed by atoms with Crippen molar-refractivity contribution in [3.05, 3.63) is 11.6 Å². The molecule has 0 aromatic heterocycles. The van der Waals surface area contributed by atoms with Gasteiger partial charge in [-0.1, -0.05) is 67.6 Å². The first-order valence-electron chi connectivity index (χ1n) is 5.80. The van der Waals surface area contributed by atoms with E-state index in [1.807, 2.05) is 0 Å². The quantitative estimate of drug-likeness (QED) is 0.487. The summed E-state index contributed by atoms with van der Waals surface area (Å²) in [4.78, 5) is 0. The van der Waals surface area contributed by atoms with Crippen molar-refractivity contribution < 1.29 is 0 Å². The number of hydrogen-bond donors (Lipinski definition) is 0. The standard InChI is InChI=1S/C13H23Br/c1-13(2,3)9-12(10-14)11-7-5-4-6-8-11/h9,11H,4-8,10H2,1-3H3. The Bertz CT molecular complexity index is 192. The van der Waals surface area contributed by atoms with E-state index in [9.17, 15) is 0 Å². The van der Waals surface area contributed by atoms with Gasteiger partial charge in [0.15, 0.2) is 0 Å². The summed E-state index contributed by atoms with van der Waals surface area (Å²) in [5.41, 5.74) is 1.97. The topological polar surface area (TPSA) is 0 Å². The molecule has 0 saturated heterocycles. The first-order chi connectivity index (χ1) is 6.53. The van der Waals surface area contributed by atoms with Gasteiger partial charge in [0, 0.05) is 5.33 Å². The molecule has 0 N–H and O–H groups in total. The minimum absolute atomic E-state index is 0.334. The van der Waals surface area contributed by atoms with E-state index < -0.39 is 0 Å². The van der Waals surface area contributed by atoms with Crippen molar-refractivity contribution in [2.45, 2.75) is 52.9 Å². The van der Waals surface area contributed by atoms with E-state index >= 15 is 0 Å². The maximum Gasteiger partial charge on any atom is 0.0244 e. The first-order valence-corrected chi connectivity index (χ1v) is 6.92. The lowest BCUT2D eigenvalue weighted by Crippen LogP contribution is -2.13. The van der Waals surface area contributed by atoms with E-state index in [-0.39, 0.29) is 0 Å². The highest BCUT2D eigenvalue weighted by Gasteiger charge is 2.19. The molecule has 0 aliphatic heterocycles. The van der Waals surface area contributed by atoms with Crippen LogP contribution in [-0.4, -0.2) is 5.33 Å². The lowest BCUT2D eigenvalue weighted by molar-refractivity contribution is 0.397. The van der Waals surface area contributed by atoms with E-state index in [0.29, 0.717) is 5.41 Å². The van der Waals surface area contributed by atoms with Crippen LogP contribution in [0.4, 0.5) is 0 Å². The summed E-state index contributed by atoms with van der Waals surface area (Å²) in [5, 5.41) is 1.06. The van der Waals surface area contributed by atoms with Gasteiger partial charge in [0.1, 0.15) is 0 Å². The Morgan fingerprint density at radius 1 is 1.21 bits per heavy atom. The van der Waals surface area contributed by atoms with Crippen LogP contribution in [0.15, 0.2) is 11.6 Å². The largest absolute Gasteiger partial charge is 0.0880 e. The number of allylic oxidation sites excluding steroid dienone is 2. The highest BCUT2D eigenvalue weighted by molar-refractivity contribution is 9.09. The molecule has 0 heterocycles. The van der Waals surface area contributed by atoms with Crippen molar-refractivity contribution in [1.29, 1.82) is 0 Å². The van der Waals surface area contributed by atoms with Gasteiger partial charge in [-0.3, -0.25) is 0 Å². The Kier molecular flexibility index (Phi) is 4.69. The lowest BCUT2D eigenvalue weighted by Gasteiger charge is -2.26. The molecule has 82 valence electrons. The van der Waals surface area contributed by atoms with Crippen LogP contribution in [0.3, 0.4) is 0 Å².